The van der Waals surface area contributed by atoms with Gasteiger partial charge >= 0.3 is 5.97 Å². The van der Waals surface area contributed by atoms with Crippen LogP contribution in [-0.2, 0) is 15.0 Å². The van der Waals surface area contributed by atoms with Gasteiger partial charge in [0, 0.05) is 23.6 Å². The molecule has 4 rings (SSSR count). The molecule has 0 radical (unpaired) electrons. The number of carboxylic acids is 1. The Morgan fingerprint density at radius 2 is 1.93 bits per heavy atom. The number of amides is 1. The van der Waals surface area contributed by atoms with Crippen LogP contribution in [0.4, 0.5) is 5.82 Å². The van der Waals surface area contributed by atoms with E-state index in [1.54, 1.807) is 4.68 Å². The molecule has 0 spiro atoms. The molecule has 7 heteroatoms. The highest BCUT2D eigenvalue weighted by Crippen LogP contribution is 2.41. The minimum Gasteiger partial charge on any atom is -0.481 e. The zero-order valence-corrected chi connectivity index (χ0v) is 17.1. The molecule has 0 aliphatic carbocycles. The third kappa shape index (κ3) is 3.79. The average molecular weight is 396 g/mol. The lowest BCUT2D eigenvalue weighted by Gasteiger charge is -2.22. The summed E-state index contributed by atoms with van der Waals surface area (Å²) in [7, 11) is 0. The summed E-state index contributed by atoms with van der Waals surface area (Å²) in [5.74, 6) is -0.610. The highest BCUT2D eigenvalue weighted by atomic mass is 16.4. The van der Waals surface area contributed by atoms with Gasteiger partial charge in [0.05, 0.1) is 23.8 Å². The lowest BCUT2D eigenvalue weighted by atomic mass is 9.89. The van der Waals surface area contributed by atoms with Crippen LogP contribution in [0.1, 0.15) is 45.7 Å². The number of benzene rings is 1. The van der Waals surface area contributed by atoms with Crippen LogP contribution in [0.5, 0.6) is 0 Å². The van der Waals surface area contributed by atoms with Crippen LogP contribution < -0.4 is 5.32 Å². The quantitative estimate of drug-likeness (QED) is 0.811. The summed E-state index contributed by atoms with van der Waals surface area (Å²) < 4.78 is 1.76. The van der Waals surface area contributed by atoms with Crippen LogP contribution in [0.15, 0.2) is 36.4 Å². The first kappa shape index (κ1) is 19.6. The topological polar surface area (TPSA) is 87.5 Å². The Bertz CT molecular complexity index is 916. The monoisotopic (exact) mass is 396 g/mol. The fourth-order valence-electron chi connectivity index (χ4n) is 4.56. The fraction of sp³-hybridized carbons (Fsp3) is 0.500. The molecule has 2 N–H and O–H groups in total. The summed E-state index contributed by atoms with van der Waals surface area (Å²) in [5, 5.41) is 17.2. The number of fused-ring (bicyclic) bond motifs is 2. The predicted octanol–water partition coefficient (Wildman–Crippen LogP) is 3.05. The predicted molar refractivity (Wildman–Crippen MR) is 110 cm³/mol. The average Bonchev–Trinajstić information content (AvgIpc) is 3.35. The zero-order valence-electron chi connectivity index (χ0n) is 17.1. The Morgan fingerprint density at radius 1 is 1.21 bits per heavy atom. The molecule has 2 fully saturated rings. The van der Waals surface area contributed by atoms with E-state index in [1.807, 2.05) is 36.4 Å². The first-order valence-corrected chi connectivity index (χ1v) is 10.2. The Kier molecular flexibility index (Phi) is 4.94. The number of aliphatic carboxylic acids is 1. The maximum Gasteiger partial charge on any atom is 0.308 e. The smallest absolute Gasteiger partial charge is 0.308 e. The van der Waals surface area contributed by atoms with Gasteiger partial charge < -0.3 is 10.4 Å². The van der Waals surface area contributed by atoms with Gasteiger partial charge in [0.1, 0.15) is 5.82 Å². The molecule has 2 saturated heterocycles. The van der Waals surface area contributed by atoms with Gasteiger partial charge in [-0.1, -0.05) is 39.0 Å². The van der Waals surface area contributed by atoms with E-state index in [9.17, 15) is 14.7 Å². The van der Waals surface area contributed by atoms with Crippen LogP contribution in [-0.4, -0.2) is 50.3 Å². The maximum atomic E-state index is 12.9. The third-order valence-electron chi connectivity index (χ3n) is 6.07. The van der Waals surface area contributed by atoms with E-state index in [1.165, 1.54) is 0 Å². The van der Waals surface area contributed by atoms with Gasteiger partial charge in [-0.05, 0) is 31.4 Å². The van der Waals surface area contributed by atoms with Crippen LogP contribution in [0.2, 0.25) is 0 Å². The van der Waals surface area contributed by atoms with Crippen molar-refractivity contribution in [1.29, 1.82) is 0 Å². The summed E-state index contributed by atoms with van der Waals surface area (Å²) in [5.41, 5.74) is 1.62. The highest BCUT2D eigenvalue weighted by molar-refractivity contribution is 5.92. The summed E-state index contributed by atoms with van der Waals surface area (Å²) in [6.07, 6.45) is 2.46. The van der Waals surface area contributed by atoms with Gasteiger partial charge in [-0.3, -0.25) is 14.5 Å². The minimum atomic E-state index is -0.750. The number of para-hydroxylation sites is 1. The molecule has 2 bridgehead atoms. The molecule has 1 aromatic heterocycles. The standard InChI is InChI=1S/C22H28N4O3/c1-22(2,3)18-12-19(26(24-18)14-7-5-4-6-8-14)23-20(27)13-25-15-9-10-17(25)16(11-15)21(28)29/h4-8,12,15-17H,9-11,13H2,1-3H3,(H,23,27)(H,28,29). The molecule has 1 amide bonds. The second-order valence-electron chi connectivity index (χ2n) is 9.11. The molecule has 3 unspecified atom stereocenters. The Morgan fingerprint density at radius 3 is 2.55 bits per heavy atom. The molecule has 7 nitrogen and oxygen atoms in total. The first-order valence-electron chi connectivity index (χ1n) is 10.2. The number of rotatable bonds is 5. The number of carbonyl (C=O) groups is 2. The zero-order chi connectivity index (χ0) is 20.8. The van der Waals surface area contributed by atoms with E-state index >= 15 is 0 Å². The van der Waals surface area contributed by atoms with Crippen molar-refractivity contribution >= 4 is 17.7 Å². The van der Waals surface area contributed by atoms with Crippen molar-refractivity contribution in [3.05, 3.63) is 42.1 Å². The van der Waals surface area contributed by atoms with Gasteiger partial charge in [-0.25, -0.2) is 4.68 Å². The van der Waals surface area contributed by atoms with E-state index in [0.717, 1.165) is 24.2 Å². The van der Waals surface area contributed by atoms with Crippen LogP contribution in [0.25, 0.3) is 5.69 Å². The SMILES string of the molecule is CC(C)(C)c1cc(NC(=O)CN2C3CCC2C(C(=O)O)C3)n(-c2ccccc2)n1. The van der Waals surface area contributed by atoms with E-state index in [-0.39, 0.29) is 35.9 Å². The normalized spacial score (nSPS) is 24.0. The van der Waals surface area contributed by atoms with Crippen molar-refractivity contribution in [1.82, 2.24) is 14.7 Å². The van der Waals surface area contributed by atoms with E-state index in [2.05, 4.69) is 31.0 Å². The van der Waals surface area contributed by atoms with Crippen LogP contribution >= 0.6 is 0 Å². The van der Waals surface area contributed by atoms with Crippen molar-refractivity contribution < 1.29 is 14.7 Å². The fourth-order valence-corrected chi connectivity index (χ4v) is 4.56. The maximum absolute atomic E-state index is 12.9. The van der Waals surface area contributed by atoms with E-state index in [4.69, 9.17) is 5.10 Å². The Labute approximate surface area is 170 Å². The van der Waals surface area contributed by atoms with Crippen molar-refractivity contribution in [2.45, 2.75) is 57.5 Å². The summed E-state index contributed by atoms with van der Waals surface area (Å²) >= 11 is 0. The van der Waals surface area contributed by atoms with E-state index < -0.39 is 5.97 Å². The molecule has 2 aliphatic heterocycles. The summed E-state index contributed by atoms with van der Waals surface area (Å²) in [6.45, 7) is 6.47. The first-order chi connectivity index (χ1) is 13.7. The molecule has 0 saturated carbocycles. The third-order valence-corrected chi connectivity index (χ3v) is 6.07. The van der Waals surface area contributed by atoms with Crippen LogP contribution in [0, 0.1) is 5.92 Å². The minimum absolute atomic E-state index is 0.0348. The number of carbonyl (C=O) groups excluding carboxylic acids is 1. The number of nitrogens with zero attached hydrogens (tertiary/aromatic N) is 3. The number of hydrogen-bond donors (Lipinski definition) is 2. The molecule has 29 heavy (non-hydrogen) atoms. The number of carboxylic acid groups (broad SMARTS) is 1. The van der Waals surface area contributed by atoms with Gasteiger partial charge in [-0.2, -0.15) is 5.10 Å². The van der Waals surface area contributed by atoms with Crippen molar-refractivity contribution in [3.63, 3.8) is 0 Å². The van der Waals surface area contributed by atoms with E-state index in [0.29, 0.717) is 12.2 Å². The molecule has 3 atom stereocenters. The molecular formula is C22H28N4O3. The van der Waals surface area contributed by atoms with Gasteiger partial charge in [0.2, 0.25) is 5.91 Å². The molecule has 1 aromatic carbocycles. The highest BCUT2D eigenvalue weighted by Gasteiger charge is 2.49. The largest absolute Gasteiger partial charge is 0.481 e. The lowest BCUT2D eigenvalue weighted by molar-refractivity contribution is -0.142. The second-order valence-corrected chi connectivity index (χ2v) is 9.11. The lowest BCUT2D eigenvalue weighted by Crippen LogP contribution is -2.38. The van der Waals surface area contributed by atoms with Crippen molar-refractivity contribution in [2.75, 3.05) is 11.9 Å². The van der Waals surface area contributed by atoms with Gasteiger partial charge in [0.15, 0.2) is 0 Å². The van der Waals surface area contributed by atoms with Gasteiger partial charge in [0.25, 0.3) is 0 Å². The number of nitrogens with one attached hydrogen (secondary N) is 1. The number of hydrogen-bond acceptors (Lipinski definition) is 4. The summed E-state index contributed by atoms with van der Waals surface area (Å²) in [6, 6.07) is 11.8. The Balaban J connectivity index is 1.54. The van der Waals surface area contributed by atoms with Crippen molar-refractivity contribution in [3.8, 4) is 5.69 Å². The molecule has 3 heterocycles. The van der Waals surface area contributed by atoms with Crippen LogP contribution in [0.3, 0.4) is 0 Å². The van der Waals surface area contributed by atoms with Gasteiger partial charge in [-0.15, -0.1) is 0 Å². The van der Waals surface area contributed by atoms with Crippen molar-refractivity contribution in [2.24, 2.45) is 5.92 Å². The second kappa shape index (κ2) is 7.30. The molecular weight excluding hydrogens is 368 g/mol. The number of anilines is 1. The molecule has 154 valence electrons. The molecule has 2 aliphatic rings. The molecule has 2 aromatic rings. The Hall–Kier alpha value is -2.67. The number of aromatic nitrogens is 2. The summed E-state index contributed by atoms with van der Waals surface area (Å²) in [4.78, 5) is 26.4.